The van der Waals surface area contributed by atoms with Crippen molar-refractivity contribution in [2.24, 2.45) is 5.92 Å². The zero-order valence-electron chi connectivity index (χ0n) is 29.2. The number of carbonyl (C=O) groups is 3. The highest BCUT2D eigenvalue weighted by atomic mass is 19.1. The van der Waals surface area contributed by atoms with Gasteiger partial charge in [0.1, 0.15) is 36.3 Å². The van der Waals surface area contributed by atoms with Crippen molar-refractivity contribution < 1.29 is 54.5 Å². The molecule has 1 aliphatic heterocycles. The highest BCUT2D eigenvalue weighted by molar-refractivity contribution is 6.03. The van der Waals surface area contributed by atoms with Crippen LogP contribution < -0.4 is 15.5 Å². The fourth-order valence-electron chi connectivity index (χ4n) is 6.41. The molecule has 0 saturated carbocycles. The highest BCUT2D eigenvalue weighted by Gasteiger charge is 2.49. The topological polar surface area (TPSA) is 220 Å². The predicted octanol–water partition coefficient (Wildman–Crippen LogP) is 1.97. The largest absolute Gasteiger partial charge is 0.508 e. The fraction of sp³-hybridized carbons (Fsp3) is 0.325. The van der Waals surface area contributed by atoms with Crippen LogP contribution in [0.15, 0.2) is 97.1 Å². The van der Waals surface area contributed by atoms with Crippen LogP contribution in [-0.4, -0.2) is 91.0 Å². The minimum Gasteiger partial charge on any atom is -0.508 e. The number of aromatic hydroxyl groups is 1. The van der Waals surface area contributed by atoms with Gasteiger partial charge in [-0.3, -0.25) is 14.4 Å². The lowest BCUT2D eigenvalue weighted by molar-refractivity contribution is -0.132. The second kappa shape index (κ2) is 18.2. The van der Waals surface area contributed by atoms with Gasteiger partial charge in [-0.2, -0.15) is 0 Å². The summed E-state index contributed by atoms with van der Waals surface area (Å²) in [5, 5.41) is 74.7. The maximum Gasteiger partial charge on any atom is 0.233 e. The van der Waals surface area contributed by atoms with Crippen LogP contribution in [0.2, 0.25) is 0 Å². The van der Waals surface area contributed by atoms with E-state index in [1.807, 2.05) is 36.4 Å². The molecule has 7 unspecified atom stereocenters. The molecule has 54 heavy (non-hydrogen) atoms. The van der Waals surface area contributed by atoms with Gasteiger partial charge in [0.15, 0.2) is 0 Å². The monoisotopic (exact) mass is 745 g/mol. The maximum atomic E-state index is 13.7. The van der Waals surface area contributed by atoms with Gasteiger partial charge < -0.3 is 51.3 Å². The molecule has 4 aromatic carbocycles. The molecule has 0 radical (unpaired) electrons. The first-order valence-corrected chi connectivity index (χ1v) is 17.5. The second-order valence-electron chi connectivity index (χ2n) is 13.3. The zero-order chi connectivity index (χ0) is 38.9. The molecule has 0 spiro atoms. The van der Waals surface area contributed by atoms with Gasteiger partial charge in [0.05, 0.1) is 30.8 Å². The first kappa shape index (κ1) is 40.0. The molecule has 5 rings (SSSR count). The summed E-state index contributed by atoms with van der Waals surface area (Å²) in [7, 11) is 0. The van der Waals surface area contributed by atoms with E-state index in [2.05, 4.69) is 10.6 Å². The number of phenols is 1. The number of halogens is 1. The lowest BCUT2D eigenvalue weighted by Gasteiger charge is -2.48. The average molecular weight is 746 g/mol. The third-order valence-electron chi connectivity index (χ3n) is 9.54. The van der Waals surface area contributed by atoms with Crippen molar-refractivity contribution >= 4 is 23.4 Å². The number of nitrogens with zero attached hydrogens (tertiary/aromatic N) is 1. The van der Waals surface area contributed by atoms with E-state index in [0.717, 1.165) is 11.1 Å². The number of hydrogen-bond donors (Lipinski definition) is 9. The van der Waals surface area contributed by atoms with E-state index in [1.54, 1.807) is 41.3 Å². The predicted molar refractivity (Wildman–Crippen MR) is 195 cm³/mol. The molecule has 1 heterocycles. The van der Waals surface area contributed by atoms with E-state index in [4.69, 9.17) is 5.11 Å². The van der Waals surface area contributed by atoms with Crippen molar-refractivity contribution in [1.29, 1.82) is 0 Å². The van der Waals surface area contributed by atoms with E-state index in [1.165, 1.54) is 24.3 Å². The number of benzene rings is 4. The molecular formula is C40H44FN3O10. The Balaban J connectivity index is 1.22. The molecule has 14 heteroatoms. The van der Waals surface area contributed by atoms with E-state index in [0.29, 0.717) is 28.8 Å². The van der Waals surface area contributed by atoms with Crippen LogP contribution in [0.5, 0.6) is 5.75 Å². The minimum absolute atomic E-state index is 0.00933. The van der Waals surface area contributed by atoms with Crippen LogP contribution in [0.4, 0.5) is 10.1 Å². The van der Waals surface area contributed by atoms with Crippen LogP contribution in [-0.2, 0) is 20.9 Å². The quantitative estimate of drug-likeness (QED) is 0.0565. The van der Waals surface area contributed by atoms with Crippen molar-refractivity contribution in [3.63, 3.8) is 0 Å². The molecule has 7 atom stereocenters. The van der Waals surface area contributed by atoms with Crippen LogP contribution >= 0.6 is 0 Å². The Morgan fingerprint density at radius 3 is 2.07 bits per heavy atom. The maximum absolute atomic E-state index is 13.7. The summed E-state index contributed by atoms with van der Waals surface area (Å²) in [6, 6.07) is 26.6. The molecule has 3 amide bonds. The smallest absolute Gasteiger partial charge is 0.233 e. The highest BCUT2D eigenvalue weighted by Crippen LogP contribution is 2.49. The second-order valence-corrected chi connectivity index (χ2v) is 13.3. The summed E-state index contributed by atoms with van der Waals surface area (Å²) in [4.78, 5) is 39.9. The number of carbonyl (C=O) groups excluding carboxylic acids is 3. The van der Waals surface area contributed by atoms with Gasteiger partial charge in [-0.15, -0.1) is 0 Å². The van der Waals surface area contributed by atoms with Gasteiger partial charge in [0, 0.05) is 24.3 Å². The summed E-state index contributed by atoms with van der Waals surface area (Å²) < 4.78 is 13.4. The number of aliphatic hydroxyl groups is 6. The first-order valence-electron chi connectivity index (χ1n) is 17.5. The Hall–Kier alpha value is -5.22. The van der Waals surface area contributed by atoms with E-state index < -0.39 is 79.7 Å². The Morgan fingerprint density at radius 1 is 0.778 bits per heavy atom. The van der Waals surface area contributed by atoms with Crippen molar-refractivity contribution in [3.8, 4) is 16.9 Å². The summed E-state index contributed by atoms with van der Waals surface area (Å²) >= 11 is 0. The van der Waals surface area contributed by atoms with Gasteiger partial charge in [0.25, 0.3) is 0 Å². The number of amides is 3. The Morgan fingerprint density at radius 2 is 1.43 bits per heavy atom. The molecule has 0 bridgehead atoms. The Bertz CT molecular complexity index is 1880. The fourth-order valence-corrected chi connectivity index (χ4v) is 6.41. The molecule has 1 aliphatic rings. The van der Waals surface area contributed by atoms with Gasteiger partial charge in [-0.1, -0.05) is 66.7 Å². The third kappa shape index (κ3) is 9.65. The molecule has 0 aliphatic carbocycles. The van der Waals surface area contributed by atoms with Crippen LogP contribution in [0, 0.1) is 11.7 Å². The van der Waals surface area contributed by atoms with Gasteiger partial charge in [-0.05, 0) is 65.4 Å². The lowest BCUT2D eigenvalue weighted by atomic mass is 9.77. The number of anilines is 1. The first-order chi connectivity index (χ1) is 25.9. The molecule has 4 aromatic rings. The summed E-state index contributed by atoms with van der Waals surface area (Å²) in [6.45, 7) is -1.33. The lowest BCUT2D eigenvalue weighted by Crippen LogP contribution is -2.55. The van der Waals surface area contributed by atoms with E-state index in [-0.39, 0.29) is 24.6 Å². The van der Waals surface area contributed by atoms with Crippen molar-refractivity contribution in [1.82, 2.24) is 10.6 Å². The number of hydrogen-bond acceptors (Lipinski definition) is 10. The van der Waals surface area contributed by atoms with E-state index >= 15 is 0 Å². The van der Waals surface area contributed by atoms with E-state index in [9.17, 15) is 49.4 Å². The molecule has 1 fully saturated rings. The molecule has 1 saturated heterocycles. The zero-order valence-corrected chi connectivity index (χ0v) is 29.2. The molecule has 9 N–H and O–H groups in total. The number of rotatable bonds is 17. The summed E-state index contributed by atoms with van der Waals surface area (Å²) in [5.41, 5.74) is 3.97. The molecule has 286 valence electrons. The number of nitrogens with one attached hydrogen (secondary N) is 2. The molecular weight excluding hydrogens is 701 g/mol. The van der Waals surface area contributed by atoms with Gasteiger partial charge >= 0.3 is 0 Å². The third-order valence-corrected chi connectivity index (χ3v) is 9.54. The van der Waals surface area contributed by atoms with Gasteiger partial charge in [0.2, 0.25) is 17.7 Å². The minimum atomic E-state index is -1.86. The molecule has 0 aromatic heterocycles. The van der Waals surface area contributed by atoms with Crippen LogP contribution in [0.3, 0.4) is 0 Å². The number of phenolic OH excluding ortho intramolecular Hbond substituents is 1. The summed E-state index contributed by atoms with van der Waals surface area (Å²) in [5.74, 6) is -2.60. The standard InChI is InChI=1S/C40H44FN3O10/c41-27-11-8-25(9-12-27)31(46)17-16-30-37(29-15-10-26(18-32(29)47)24-4-2-1-3-5-24)44(40(30)54)28-13-6-23(7-14-28)20-42-35(50)19-36(51)43-21-33(48)38(52)39(53)34(49)22-45/h1-15,18,30-31,33-34,37-39,45-49,52-53H,16-17,19-22H2,(H,42,50)(H,43,51). The normalized spacial score (nSPS) is 18.2. The van der Waals surface area contributed by atoms with Gasteiger partial charge in [-0.25, -0.2) is 4.39 Å². The Kier molecular flexibility index (Phi) is 13.5. The molecule has 13 nitrogen and oxygen atoms in total. The van der Waals surface area contributed by atoms with Crippen LogP contribution in [0.1, 0.15) is 48.1 Å². The van der Waals surface area contributed by atoms with Crippen LogP contribution in [0.25, 0.3) is 11.1 Å². The Labute approximate surface area is 311 Å². The van der Waals surface area contributed by atoms with Crippen molar-refractivity contribution in [2.75, 3.05) is 18.1 Å². The summed E-state index contributed by atoms with van der Waals surface area (Å²) in [6.07, 6.45) is -8.08. The van der Waals surface area contributed by atoms with Crippen molar-refractivity contribution in [3.05, 3.63) is 120 Å². The number of β-lactam (4-membered cyclic amide) rings is 1. The average Bonchev–Trinajstić information content (AvgIpc) is 3.18. The SMILES string of the molecule is O=C(CC(=O)NCC(O)C(O)C(O)C(O)CO)NCc1ccc(N2C(=O)C(CCC(O)c3ccc(F)cc3)C2c2ccc(-c3ccccc3)cc2O)cc1. The number of aliphatic hydroxyl groups excluding tert-OH is 6. The van der Waals surface area contributed by atoms with Crippen molar-refractivity contribution in [2.45, 2.75) is 62.4 Å².